The first-order valence-electron chi connectivity index (χ1n) is 5.95. The third kappa shape index (κ3) is 4.28. The maximum Gasteiger partial charge on any atom is 0.241 e. The van der Waals surface area contributed by atoms with Crippen LogP contribution in [0.5, 0.6) is 0 Å². The lowest BCUT2D eigenvalue weighted by molar-refractivity contribution is 0.141. The number of rotatable bonds is 6. The molecule has 1 aromatic carbocycles. The van der Waals surface area contributed by atoms with Gasteiger partial charge in [-0.2, -0.15) is 0 Å². The van der Waals surface area contributed by atoms with Gasteiger partial charge in [-0.15, -0.1) is 0 Å². The molecule has 108 valence electrons. The van der Waals surface area contributed by atoms with Crippen molar-refractivity contribution in [1.82, 2.24) is 4.72 Å². The van der Waals surface area contributed by atoms with Gasteiger partial charge in [-0.3, -0.25) is 0 Å². The Morgan fingerprint density at radius 2 is 2.00 bits per heavy atom. The van der Waals surface area contributed by atoms with Crippen LogP contribution >= 0.6 is 0 Å². The Morgan fingerprint density at radius 1 is 1.37 bits per heavy atom. The quantitative estimate of drug-likeness (QED) is 0.824. The molecule has 19 heavy (non-hydrogen) atoms. The van der Waals surface area contributed by atoms with Gasteiger partial charge in [-0.05, 0) is 38.0 Å². The average Bonchev–Trinajstić information content (AvgIpc) is 2.27. The molecule has 0 radical (unpaired) electrons. The number of hydrogen-bond acceptors (Lipinski definition) is 4. The summed E-state index contributed by atoms with van der Waals surface area (Å²) in [4.78, 5) is 0.184. The Labute approximate surface area is 114 Å². The van der Waals surface area contributed by atoms with Gasteiger partial charge in [0.1, 0.15) is 0 Å². The first-order valence-corrected chi connectivity index (χ1v) is 7.43. The molecule has 0 aliphatic carbocycles. The van der Waals surface area contributed by atoms with Gasteiger partial charge in [0, 0.05) is 7.11 Å². The van der Waals surface area contributed by atoms with Gasteiger partial charge in [0.2, 0.25) is 10.0 Å². The molecule has 0 amide bonds. The molecule has 0 saturated carbocycles. The molecule has 2 N–H and O–H groups in total. The summed E-state index contributed by atoms with van der Waals surface area (Å²) in [5.41, 5.74) is 0.503. The van der Waals surface area contributed by atoms with E-state index in [4.69, 9.17) is 9.84 Å². The fourth-order valence-corrected chi connectivity index (χ4v) is 3.54. The Kier molecular flexibility index (Phi) is 5.09. The highest BCUT2D eigenvalue weighted by molar-refractivity contribution is 7.89. The van der Waals surface area contributed by atoms with Crippen LogP contribution in [0.4, 0.5) is 0 Å². The number of methoxy groups -OCH3 is 1. The maximum absolute atomic E-state index is 12.4. The molecule has 0 fully saturated rings. The minimum atomic E-state index is -3.64. The highest BCUT2D eigenvalue weighted by Gasteiger charge is 2.27. The van der Waals surface area contributed by atoms with E-state index in [1.807, 2.05) is 0 Å². The second-order valence-electron chi connectivity index (χ2n) is 5.18. The van der Waals surface area contributed by atoms with Gasteiger partial charge in [0.05, 0.1) is 23.6 Å². The second kappa shape index (κ2) is 6.00. The van der Waals surface area contributed by atoms with Crippen molar-refractivity contribution < 1.29 is 18.3 Å². The van der Waals surface area contributed by atoms with E-state index in [0.29, 0.717) is 11.1 Å². The molecule has 0 unspecified atom stereocenters. The van der Waals surface area contributed by atoms with E-state index in [9.17, 15) is 8.42 Å². The second-order valence-corrected chi connectivity index (χ2v) is 6.83. The maximum atomic E-state index is 12.4. The zero-order chi connectivity index (χ0) is 14.7. The van der Waals surface area contributed by atoms with Crippen molar-refractivity contribution in [2.24, 2.45) is 0 Å². The van der Waals surface area contributed by atoms with E-state index in [1.165, 1.54) is 13.2 Å². The van der Waals surface area contributed by atoms with Crippen LogP contribution in [0.1, 0.15) is 25.0 Å². The smallest absolute Gasteiger partial charge is 0.241 e. The molecular weight excluding hydrogens is 266 g/mol. The highest BCUT2D eigenvalue weighted by Crippen LogP contribution is 2.19. The summed E-state index contributed by atoms with van der Waals surface area (Å²) >= 11 is 0. The molecular formula is C13H21NO4S. The first kappa shape index (κ1) is 16.1. The van der Waals surface area contributed by atoms with Crippen molar-refractivity contribution in [3.05, 3.63) is 29.3 Å². The summed E-state index contributed by atoms with van der Waals surface area (Å²) in [6, 6.07) is 4.87. The van der Waals surface area contributed by atoms with Gasteiger partial charge >= 0.3 is 0 Å². The van der Waals surface area contributed by atoms with Crippen molar-refractivity contribution in [2.75, 3.05) is 13.7 Å². The summed E-state index contributed by atoms with van der Waals surface area (Å²) in [6.07, 6.45) is 0. The zero-order valence-electron chi connectivity index (χ0n) is 11.7. The normalized spacial score (nSPS) is 12.7. The molecule has 0 aromatic heterocycles. The van der Waals surface area contributed by atoms with Crippen LogP contribution in [-0.4, -0.2) is 32.8 Å². The Morgan fingerprint density at radius 3 is 2.53 bits per heavy atom. The third-order valence-electron chi connectivity index (χ3n) is 2.64. The van der Waals surface area contributed by atoms with Crippen LogP contribution in [0.15, 0.2) is 23.1 Å². The molecule has 5 nitrogen and oxygen atoms in total. The van der Waals surface area contributed by atoms with Crippen molar-refractivity contribution >= 4 is 10.0 Å². The Hall–Kier alpha value is -0.950. The molecule has 0 bridgehead atoms. The lowest BCUT2D eigenvalue weighted by Crippen LogP contribution is -2.46. The number of ether oxygens (including phenoxy) is 1. The Bertz CT molecular complexity index is 538. The third-order valence-corrected chi connectivity index (χ3v) is 4.48. The topological polar surface area (TPSA) is 75.6 Å². The molecule has 0 aliphatic rings. The summed E-state index contributed by atoms with van der Waals surface area (Å²) in [5.74, 6) is 0. The van der Waals surface area contributed by atoms with Crippen molar-refractivity contribution in [3.63, 3.8) is 0 Å². The predicted molar refractivity (Wildman–Crippen MR) is 73.4 cm³/mol. The molecule has 0 spiro atoms. The molecule has 6 heteroatoms. The van der Waals surface area contributed by atoms with E-state index in [0.717, 1.165) is 0 Å². The standard InChI is InChI=1S/C13H21NO4S/c1-10-5-6-11(8-15)7-12(10)19(16,17)14-13(2,3)9-18-4/h5-7,14-15H,8-9H2,1-4H3. The fraction of sp³-hybridized carbons (Fsp3) is 0.538. The van der Waals surface area contributed by atoms with E-state index in [2.05, 4.69) is 4.72 Å². The largest absolute Gasteiger partial charge is 0.392 e. The average molecular weight is 287 g/mol. The number of nitrogens with one attached hydrogen (secondary N) is 1. The van der Waals surface area contributed by atoms with Crippen LogP contribution in [0.3, 0.4) is 0 Å². The number of aliphatic hydroxyl groups excluding tert-OH is 1. The lowest BCUT2D eigenvalue weighted by atomic mass is 10.1. The molecule has 1 rings (SSSR count). The molecule has 0 saturated heterocycles. The number of aryl methyl sites for hydroxylation is 1. The molecule has 0 heterocycles. The van der Waals surface area contributed by atoms with Crippen molar-refractivity contribution in [3.8, 4) is 0 Å². The minimum Gasteiger partial charge on any atom is -0.392 e. The Balaban J connectivity index is 3.13. The zero-order valence-corrected chi connectivity index (χ0v) is 12.5. The first-order chi connectivity index (χ1) is 8.72. The number of sulfonamides is 1. The molecule has 0 aliphatic heterocycles. The minimum absolute atomic E-state index is 0.184. The van der Waals surface area contributed by atoms with E-state index in [-0.39, 0.29) is 18.1 Å². The summed E-state index contributed by atoms with van der Waals surface area (Å²) in [7, 11) is -2.12. The molecule has 0 atom stereocenters. The summed E-state index contributed by atoms with van der Waals surface area (Å²) < 4.78 is 32.3. The van der Waals surface area contributed by atoms with Gasteiger partial charge in [-0.1, -0.05) is 12.1 Å². The van der Waals surface area contributed by atoms with E-state index in [1.54, 1.807) is 32.9 Å². The van der Waals surface area contributed by atoms with Crippen molar-refractivity contribution in [1.29, 1.82) is 0 Å². The van der Waals surface area contributed by atoms with E-state index < -0.39 is 15.6 Å². The highest BCUT2D eigenvalue weighted by atomic mass is 32.2. The van der Waals surface area contributed by atoms with Crippen LogP contribution in [0.2, 0.25) is 0 Å². The van der Waals surface area contributed by atoms with Crippen LogP contribution in [0.25, 0.3) is 0 Å². The summed E-state index contributed by atoms with van der Waals surface area (Å²) in [6.45, 7) is 5.30. The summed E-state index contributed by atoms with van der Waals surface area (Å²) in [5, 5.41) is 9.10. The van der Waals surface area contributed by atoms with Gasteiger partial charge in [-0.25, -0.2) is 13.1 Å². The van der Waals surface area contributed by atoms with Crippen LogP contribution < -0.4 is 4.72 Å². The number of hydrogen-bond donors (Lipinski definition) is 2. The van der Waals surface area contributed by atoms with Gasteiger partial charge in [0.25, 0.3) is 0 Å². The van der Waals surface area contributed by atoms with Gasteiger partial charge in [0.15, 0.2) is 0 Å². The number of benzene rings is 1. The van der Waals surface area contributed by atoms with Gasteiger partial charge < -0.3 is 9.84 Å². The van der Waals surface area contributed by atoms with E-state index >= 15 is 0 Å². The predicted octanol–water partition coefficient (Wildman–Crippen LogP) is 1.19. The monoisotopic (exact) mass is 287 g/mol. The SMILES string of the molecule is COCC(C)(C)NS(=O)(=O)c1cc(CO)ccc1C. The van der Waals surface area contributed by atoms with Crippen molar-refractivity contribution in [2.45, 2.75) is 37.8 Å². The fourth-order valence-electron chi connectivity index (χ4n) is 1.84. The molecule has 1 aromatic rings. The van der Waals surface area contributed by atoms with Crippen LogP contribution in [0, 0.1) is 6.92 Å². The van der Waals surface area contributed by atoms with Crippen LogP contribution in [-0.2, 0) is 21.4 Å². The number of aliphatic hydroxyl groups is 1. The lowest BCUT2D eigenvalue weighted by Gasteiger charge is -2.25.